The Bertz CT molecular complexity index is 1000. The maximum atomic E-state index is 12.6. The predicted octanol–water partition coefficient (Wildman–Crippen LogP) is 1.59. The third kappa shape index (κ3) is 3.23. The molecule has 0 radical (unpaired) electrons. The van der Waals surface area contributed by atoms with Gasteiger partial charge in [0.2, 0.25) is 0 Å². The number of carbonyl (C=O) groups excluding carboxylic acids is 1. The van der Waals surface area contributed by atoms with E-state index in [9.17, 15) is 9.90 Å². The number of fused-ring (bicyclic) bond motifs is 1. The summed E-state index contributed by atoms with van der Waals surface area (Å²) in [6, 6.07) is 15.0. The molecular weight excluding hydrogens is 342 g/mol. The Hall–Kier alpha value is -3.37. The molecule has 0 bridgehead atoms. The summed E-state index contributed by atoms with van der Waals surface area (Å²) in [4.78, 5) is 16.4. The Balaban J connectivity index is 1.43. The Morgan fingerprint density at radius 1 is 1.11 bits per heavy atom. The summed E-state index contributed by atoms with van der Waals surface area (Å²) in [6.07, 6.45) is 2.33. The predicted molar refractivity (Wildman–Crippen MR) is 100 cm³/mol. The van der Waals surface area contributed by atoms with E-state index in [1.807, 2.05) is 36.5 Å². The molecule has 0 saturated carbocycles. The molecule has 1 aliphatic rings. The highest BCUT2D eigenvalue weighted by Gasteiger charge is 2.27. The lowest BCUT2D eigenvalue weighted by Crippen LogP contribution is -2.50. The number of carbonyl (C=O) groups is 1. The number of amides is 1. The fourth-order valence-electron chi connectivity index (χ4n) is 3.38. The molecule has 1 atom stereocenters. The first-order valence-electron chi connectivity index (χ1n) is 8.81. The van der Waals surface area contributed by atoms with Crippen molar-refractivity contribution in [2.75, 3.05) is 31.1 Å². The summed E-state index contributed by atoms with van der Waals surface area (Å²) in [7, 11) is 0. The molecule has 1 N–H and O–H groups in total. The van der Waals surface area contributed by atoms with Crippen molar-refractivity contribution in [2.45, 2.75) is 6.10 Å². The molecule has 2 aromatic heterocycles. The number of hydrogen-bond donors (Lipinski definition) is 1. The van der Waals surface area contributed by atoms with Crippen LogP contribution in [0.4, 0.5) is 5.69 Å². The van der Waals surface area contributed by atoms with Crippen molar-refractivity contribution in [3.05, 3.63) is 66.0 Å². The SMILES string of the molecule is N#Cc1cnn2cc(N3CCN(C(=O)C(O)c4ccccc4)CC3)ccc12. The van der Waals surface area contributed by atoms with E-state index in [1.54, 1.807) is 27.7 Å². The summed E-state index contributed by atoms with van der Waals surface area (Å²) < 4.78 is 1.70. The van der Waals surface area contributed by atoms with Crippen molar-refractivity contribution in [1.29, 1.82) is 5.26 Å². The highest BCUT2D eigenvalue weighted by Crippen LogP contribution is 2.21. The van der Waals surface area contributed by atoms with Gasteiger partial charge in [-0.15, -0.1) is 0 Å². The Morgan fingerprint density at radius 3 is 2.56 bits per heavy atom. The number of benzene rings is 1. The zero-order chi connectivity index (χ0) is 18.8. The Morgan fingerprint density at radius 2 is 1.85 bits per heavy atom. The van der Waals surface area contributed by atoms with Crippen molar-refractivity contribution < 1.29 is 9.90 Å². The third-order valence-electron chi connectivity index (χ3n) is 4.93. The number of aromatic nitrogens is 2. The average Bonchev–Trinajstić information content (AvgIpc) is 3.16. The van der Waals surface area contributed by atoms with Gasteiger partial charge in [-0.05, 0) is 17.7 Å². The van der Waals surface area contributed by atoms with Crippen LogP contribution in [-0.4, -0.2) is 51.7 Å². The van der Waals surface area contributed by atoms with Gasteiger partial charge in [0.15, 0.2) is 6.10 Å². The van der Waals surface area contributed by atoms with Gasteiger partial charge in [0.1, 0.15) is 6.07 Å². The normalized spacial score (nSPS) is 15.6. The minimum Gasteiger partial charge on any atom is -0.378 e. The van der Waals surface area contributed by atoms with Crippen molar-refractivity contribution in [3.8, 4) is 6.07 Å². The molecule has 1 unspecified atom stereocenters. The number of aliphatic hydroxyl groups excluding tert-OH is 1. The monoisotopic (exact) mass is 361 g/mol. The molecule has 0 spiro atoms. The standard InChI is InChI=1S/C20H19N5O2/c21-12-16-13-22-25-14-17(6-7-18(16)25)23-8-10-24(11-9-23)20(27)19(26)15-4-2-1-3-5-15/h1-7,13-14,19,26H,8-11H2. The summed E-state index contributed by atoms with van der Waals surface area (Å²) >= 11 is 0. The van der Waals surface area contributed by atoms with Gasteiger partial charge < -0.3 is 14.9 Å². The van der Waals surface area contributed by atoms with Gasteiger partial charge in [-0.25, -0.2) is 4.52 Å². The topological polar surface area (TPSA) is 84.9 Å². The smallest absolute Gasteiger partial charge is 0.256 e. The number of rotatable bonds is 3. The fourth-order valence-corrected chi connectivity index (χ4v) is 3.38. The number of pyridine rings is 1. The molecule has 0 aliphatic carbocycles. The highest BCUT2D eigenvalue weighted by atomic mass is 16.3. The maximum Gasteiger partial charge on any atom is 0.256 e. The molecule has 1 aromatic carbocycles. The third-order valence-corrected chi connectivity index (χ3v) is 4.93. The minimum absolute atomic E-state index is 0.262. The van der Waals surface area contributed by atoms with Crippen LogP contribution in [0.5, 0.6) is 0 Å². The van der Waals surface area contributed by atoms with Crippen molar-refractivity contribution in [3.63, 3.8) is 0 Å². The van der Waals surface area contributed by atoms with E-state index in [0.29, 0.717) is 37.3 Å². The van der Waals surface area contributed by atoms with Gasteiger partial charge in [-0.3, -0.25) is 4.79 Å². The molecule has 3 aromatic rings. The number of nitriles is 1. The van der Waals surface area contributed by atoms with Crippen molar-refractivity contribution >= 4 is 17.1 Å². The Kier molecular flexibility index (Phi) is 4.48. The number of nitrogens with zero attached hydrogens (tertiary/aromatic N) is 5. The van der Waals surface area contributed by atoms with Crippen LogP contribution in [0, 0.1) is 11.3 Å². The molecule has 7 nitrogen and oxygen atoms in total. The number of anilines is 1. The molecular formula is C20H19N5O2. The van der Waals surface area contributed by atoms with Crippen LogP contribution >= 0.6 is 0 Å². The second-order valence-corrected chi connectivity index (χ2v) is 6.51. The van der Waals surface area contributed by atoms with Crippen LogP contribution in [0.1, 0.15) is 17.2 Å². The summed E-state index contributed by atoms with van der Waals surface area (Å²) in [5, 5.41) is 23.6. The Labute approximate surface area is 156 Å². The largest absolute Gasteiger partial charge is 0.378 e. The van der Waals surface area contributed by atoms with E-state index in [4.69, 9.17) is 5.26 Å². The van der Waals surface area contributed by atoms with Crippen LogP contribution in [-0.2, 0) is 4.79 Å². The van der Waals surface area contributed by atoms with E-state index < -0.39 is 6.10 Å². The lowest BCUT2D eigenvalue weighted by atomic mass is 10.1. The zero-order valence-corrected chi connectivity index (χ0v) is 14.7. The van der Waals surface area contributed by atoms with E-state index in [-0.39, 0.29) is 5.91 Å². The zero-order valence-electron chi connectivity index (χ0n) is 14.7. The summed E-state index contributed by atoms with van der Waals surface area (Å²) in [6.45, 7) is 2.43. The van der Waals surface area contributed by atoms with E-state index in [2.05, 4.69) is 16.1 Å². The van der Waals surface area contributed by atoms with Gasteiger partial charge >= 0.3 is 0 Å². The molecule has 7 heteroatoms. The first-order valence-corrected chi connectivity index (χ1v) is 8.81. The number of hydrogen-bond acceptors (Lipinski definition) is 5. The van der Waals surface area contributed by atoms with Crippen LogP contribution in [0.3, 0.4) is 0 Å². The fraction of sp³-hybridized carbons (Fsp3) is 0.250. The van der Waals surface area contributed by atoms with Crippen LogP contribution < -0.4 is 4.90 Å². The van der Waals surface area contributed by atoms with Gasteiger partial charge in [-0.1, -0.05) is 30.3 Å². The van der Waals surface area contributed by atoms with E-state index in [1.165, 1.54) is 0 Å². The second-order valence-electron chi connectivity index (χ2n) is 6.51. The lowest BCUT2D eigenvalue weighted by molar-refractivity contribution is -0.140. The summed E-state index contributed by atoms with van der Waals surface area (Å²) in [5.74, 6) is -0.262. The van der Waals surface area contributed by atoms with Crippen LogP contribution in [0.25, 0.3) is 5.52 Å². The van der Waals surface area contributed by atoms with Gasteiger partial charge in [0.05, 0.1) is 29.2 Å². The summed E-state index contributed by atoms with van der Waals surface area (Å²) in [5.41, 5.74) is 2.93. The second kappa shape index (κ2) is 7.09. The molecule has 1 aliphatic heterocycles. The molecule has 1 saturated heterocycles. The molecule has 27 heavy (non-hydrogen) atoms. The van der Waals surface area contributed by atoms with Gasteiger partial charge in [-0.2, -0.15) is 10.4 Å². The van der Waals surface area contributed by atoms with Crippen molar-refractivity contribution in [1.82, 2.24) is 14.5 Å². The van der Waals surface area contributed by atoms with Gasteiger partial charge in [0.25, 0.3) is 5.91 Å². The van der Waals surface area contributed by atoms with E-state index >= 15 is 0 Å². The highest BCUT2D eigenvalue weighted by molar-refractivity contribution is 5.82. The minimum atomic E-state index is -1.12. The van der Waals surface area contributed by atoms with Crippen LogP contribution in [0.15, 0.2) is 54.9 Å². The quantitative estimate of drug-likeness (QED) is 0.766. The molecule has 1 amide bonds. The molecule has 136 valence electrons. The van der Waals surface area contributed by atoms with E-state index in [0.717, 1.165) is 11.2 Å². The number of piperazine rings is 1. The maximum absolute atomic E-state index is 12.6. The van der Waals surface area contributed by atoms with Gasteiger partial charge in [0, 0.05) is 26.2 Å². The average molecular weight is 361 g/mol. The molecule has 4 rings (SSSR count). The first kappa shape index (κ1) is 17.1. The van der Waals surface area contributed by atoms with Crippen molar-refractivity contribution in [2.24, 2.45) is 0 Å². The molecule has 3 heterocycles. The first-order chi connectivity index (χ1) is 13.2. The van der Waals surface area contributed by atoms with Crippen LogP contribution in [0.2, 0.25) is 0 Å². The number of aliphatic hydroxyl groups is 1. The lowest BCUT2D eigenvalue weighted by Gasteiger charge is -2.36. The molecule has 1 fully saturated rings.